The molecule has 0 spiro atoms. The summed E-state index contributed by atoms with van der Waals surface area (Å²) in [5.41, 5.74) is 2.55. The minimum absolute atomic E-state index is 0.162. The Balaban J connectivity index is 2.20. The summed E-state index contributed by atoms with van der Waals surface area (Å²) >= 11 is 0. The average molecular weight is 164 g/mol. The fraction of sp³-hybridized carbons (Fsp3) is 0.444. The van der Waals surface area contributed by atoms with Crippen LogP contribution in [0.3, 0.4) is 0 Å². The largest absolute Gasteiger partial charge is 0.363 e. The third kappa shape index (κ3) is 1.11. The molecule has 2 heterocycles. The Morgan fingerprint density at radius 2 is 2.50 bits per heavy atom. The lowest BCUT2D eigenvalue weighted by molar-refractivity contribution is -0.129. The molecule has 0 bridgehead atoms. The van der Waals surface area contributed by atoms with Crippen LogP contribution in [0.15, 0.2) is 12.3 Å². The second kappa shape index (κ2) is 2.66. The van der Waals surface area contributed by atoms with Gasteiger partial charge in [0.1, 0.15) is 0 Å². The molecular weight excluding hydrogens is 152 g/mol. The Hall–Kier alpha value is -1.25. The van der Waals surface area contributed by atoms with E-state index in [0.717, 1.165) is 19.5 Å². The molecule has 64 valence electrons. The van der Waals surface area contributed by atoms with Gasteiger partial charge in [0.25, 0.3) is 0 Å². The molecule has 0 radical (unpaired) electrons. The molecule has 12 heavy (non-hydrogen) atoms. The van der Waals surface area contributed by atoms with Gasteiger partial charge < -0.3 is 9.88 Å². The molecule has 0 aromatic carbocycles. The Bertz CT molecular complexity index is 303. The quantitative estimate of drug-likeness (QED) is 0.608. The summed E-state index contributed by atoms with van der Waals surface area (Å²) in [6.07, 6.45) is 2.92. The summed E-state index contributed by atoms with van der Waals surface area (Å²) in [5.74, 6) is 0.162. The number of hydrogen-bond acceptors (Lipinski definition) is 1. The van der Waals surface area contributed by atoms with Crippen molar-refractivity contribution in [3.8, 4) is 0 Å². The number of hydrogen-bond donors (Lipinski definition) is 1. The van der Waals surface area contributed by atoms with E-state index in [1.165, 1.54) is 11.3 Å². The highest BCUT2D eigenvalue weighted by molar-refractivity contribution is 5.73. The van der Waals surface area contributed by atoms with E-state index in [1.807, 2.05) is 11.1 Å². The van der Waals surface area contributed by atoms with E-state index in [4.69, 9.17) is 0 Å². The lowest BCUT2D eigenvalue weighted by Crippen LogP contribution is -2.33. The zero-order valence-corrected chi connectivity index (χ0v) is 7.13. The molecule has 1 aromatic rings. The van der Waals surface area contributed by atoms with Crippen LogP contribution in [-0.2, 0) is 17.8 Å². The van der Waals surface area contributed by atoms with Crippen LogP contribution in [0.2, 0.25) is 0 Å². The van der Waals surface area contributed by atoms with Crippen molar-refractivity contribution in [3.63, 3.8) is 0 Å². The fourth-order valence-electron chi connectivity index (χ4n) is 1.61. The van der Waals surface area contributed by atoms with Crippen LogP contribution in [0.5, 0.6) is 0 Å². The number of amides is 1. The van der Waals surface area contributed by atoms with Crippen LogP contribution in [0.25, 0.3) is 0 Å². The number of nitrogens with zero attached hydrogens (tertiary/aromatic N) is 1. The van der Waals surface area contributed by atoms with Crippen LogP contribution in [-0.4, -0.2) is 22.3 Å². The molecule has 2 rings (SSSR count). The lowest BCUT2D eigenvalue weighted by atomic mass is 10.1. The Labute approximate surface area is 71.4 Å². The molecule has 1 aromatic heterocycles. The molecule has 0 fully saturated rings. The number of aromatic amines is 1. The topological polar surface area (TPSA) is 36.1 Å². The second-order valence-corrected chi connectivity index (χ2v) is 3.17. The molecule has 1 N–H and O–H groups in total. The second-order valence-electron chi connectivity index (χ2n) is 3.17. The van der Waals surface area contributed by atoms with Gasteiger partial charge in [0.15, 0.2) is 0 Å². The number of H-pyrrole nitrogens is 1. The van der Waals surface area contributed by atoms with Gasteiger partial charge in [0.05, 0.1) is 6.54 Å². The summed E-state index contributed by atoms with van der Waals surface area (Å²) in [7, 11) is 0. The van der Waals surface area contributed by atoms with E-state index in [9.17, 15) is 4.79 Å². The summed E-state index contributed by atoms with van der Waals surface area (Å²) in [6.45, 7) is 3.23. The average Bonchev–Trinajstić information content (AvgIpc) is 2.49. The number of aromatic nitrogens is 1. The van der Waals surface area contributed by atoms with Crippen molar-refractivity contribution in [2.45, 2.75) is 19.9 Å². The van der Waals surface area contributed by atoms with E-state index in [2.05, 4.69) is 11.1 Å². The SMILES string of the molecule is CC(=O)N1CCc2cc[nH]c2C1. The van der Waals surface area contributed by atoms with Crippen LogP contribution in [0.1, 0.15) is 18.2 Å². The third-order valence-corrected chi connectivity index (χ3v) is 2.38. The maximum Gasteiger partial charge on any atom is 0.219 e. The Morgan fingerprint density at radius 1 is 1.67 bits per heavy atom. The van der Waals surface area contributed by atoms with Gasteiger partial charge in [-0.05, 0) is 18.1 Å². The normalized spacial score (nSPS) is 15.9. The van der Waals surface area contributed by atoms with Crippen molar-refractivity contribution in [2.75, 3.05) is 6.54 Å². The number of fused-ring (bicyclic) bond motifs is 1. The minimum Gasteiger partial charge on any atom is -0.363 e. The van der Waals surface area contributed by atoms with Crippen LogP contribution < -0.4 is 0 Å². The molecule has 0 atom stereocenters. The molecule has 3 heteroatoms. The van der Waals surface area contributed by atoms with E-state index in [0.29, 0.717) is 0 Å². The monoisotopic (exact) mass is 164 g/mol. The van der Waals surface area contributed by atoms with Crippen LogP contribution in [0, 0.1) is 0 Å². The number of carbonyl (C=O) groups is 1. The first-order valence-corrected chi connectivity index (χ1v) is 4.18. The zero-order chi connectivity index (χ0) is 8.55. The van der Waals surface area contributed by atoms with Gasteiger partial charge in [0.2, 0.25) is 5.91 Å². The lowest BCUT2D eigenvalue weighted by Gasteiger charge is -2.25. The van der Waals surface area contributed by atoms with E-state index in [1.54, 1.807) is 6.92 Å². The molecule has 0 aliphatic carbocycles. The summed E-state index contributed by atoms with van der Waals surface area (Å²) in [4.78, 5) is 16.1. The molecule has 0 unspecified atom stereocenters. The predicted molar refractivity (Wildman–Crippen MR) is 45.6 cm³/mol. The van der Waals surface area contributed by atoms with Gasteiger partial charge in [-0.25, -0.2) is 0 Å². The standard InChI is InChI=1S/C9H12N2O/c1-7(12)11-5-3-8-2-4-10-9(8)6-11/h2,4,10H,3,5-6H2,1H3. The van der Waals surface area contributed by atoms with E-state index >= 15 is 0 Å². The zero-order valence-electron chi connectivity index (χ0n) is 7.13. The molecule has 1 aliphatic rings. The van der Waals surface area contributed by atoms with Gasteiger partial charge >= 0.3 is 0 Å². The van der Waals surface area contributed by atoms with Gasteiger partial charge in [-0.2, -0.15) is 0 Å². The molecule has 1 amide bonds. The van der Waals surface area contributed by atoms with Gasteiger partial charge in [0, 0.05) is 25.4 Å². The van der Waals surface area contributed by atoms with Crippen LogP contribution >= 0.6 is 0 Å². The van der Waals surface area contributed by atoms with Crippen molar-refractivity contribution in [2.24, 2.45) is 0 Å². The number of rotatable bonds is 0. The van der Waals surface area contributed by atoms with Crippen molar-refractivity contribution in [1.82, 2.24) is 9.88 Å². The molecule has 1 aliphatic heterocycles. The highest BCUT2D eigenvalue weighted by Gasteiger charge is 2.17. The number of nitrogens with one attached hydrogen (secondary N) is 1. The fourth-order valence-corrected chi connectivity index (χ4v) is 1.61. The molecular formula is C9H12N2O. The Morgan fingerprint density at radius 3 is 3.25 bits per heavy atom. The maximum atomic E-state index is 11.0. The molecule has 3 nitrogen and oxygen atoms in total. The summed E-state index contributed by atoms with van der Waals surface area (Å²) in [5, 5.41) is 0. The first-order valence-electron chi connectivity index (χ1n) is 4.18. The molecule has 0 saturated heterocycles. The third-order valence-electron chi connectivity index (χ3n) is 2.38. The van der Waals surface area contributed by atoms with Crippen molar-refractivity contribution >= 4 is 5.91 Å². The summed E-state index contributed by atoms with van der Waals surface area (Å²) < 4.78 is 0. The smallest absolute Gasteiger partial charge is 0.219 e. The van der Waals surface area contributed by atoms with E-state index in [-0.39, 0.29) is 5.91 Å². The van der Waals surface area contributed by atoms with Crippen molar-refractivity contribution < 1.29 is 4.79 Å². The van der Waals surface area contributed by atoms with Crippen molar-refractivity contribution in [3.05, 3.63) is 23.5 Å². The first-order chi connectivity index (χ1) is 5.77. The minimum atomic E-state index is 0.162. The highest BCUT2D eigenvalue weighted by Crippen LogP contribution is 2.16. The van der Waals surface area contributed by atoms with E-state index < -0.39 is 0 Å². The maximum absolute atomic E-state index is 11.0. The van der Waals surface area contributed by atoms with Gasteiger partial charge in [-0.3, -0.25) is 4.79 Å². The van der Waals surface area contributed by atoms with Gasteiger partial charge in [-0.1, -0.05) is 0 Å². The van der Waals surface area contributed by atoms with Crippen molar-refractivity contribution in [1.29, 1.82) is 0 Å². The Kier molecular flexibility index (Phi) is 1.64. The number of carbonyl (C=O) groups excluding carboxylic acids is 1. The summed E-state index contributed by atoms with van der Waals surface area (Å²) in [6, 6.07) is 2.09. The van der Waals surface area contributed by atoms with Gasteiger partial charge in [-0.15, -0.1) is 0 Å². The predicted octanol–water partition coefficient (Wildman–Crippen LogP) is 0.919. The highest BCUT2D eigenvalue weighted by atomic mass is 16.2. The molecule has 0 saturated carbocycles. The first kappa shape index (κ1) is 7.40. The van der Waals surface area contributed by atoms with Crippen LogP contribution in [0.4, 0.5) is 0 Å².